The Bertz CT molecular complexity index is 306. The van der Waals surface area contributed by atoms with Gasteiger partial charge >= 0.3 is 0 Å². The first-order chi connectivity index (χ1) is 11.7. The Morgan fingerprint density at radius 2 is 1.17 bits per heavy atom. The van der Waals surface area contributed by atoms with Crippen molar-refractivity contribution in [1.82, 2.24) is 0 Å². The van der Waals surface area contributed by atoms with Gasteiger partial charge in [0, 0.05) is 0 Å². The summed E-state index contributed by atoms with van der Waals surface area (Å²) in [7, 11) is 0. The molecule has 0 aliphatic rings. The number of hydrogen-bond acceptors (Lipinski definition) is 3. The van der Waals surface area contributed by atoms with Crippen LogP contribution in [0.5, 0.6) is 0 Å². The van der Waals surface area contributed by atoms with E-state index >= 15 is 0 Å². The Balaban J connectivity index is 3.32. The van der Waals surface area contributed by atoms with Gasteiger partial charge in [0.15, 0.2) is 0 Å². The molecule has 0 aromatic carbocycles. The highest BCUT2D eigenvalue weighted by Crippen LogP contribution is 2.15. The summed E-state index contributed by atoms with van der Waals surface area (Å²) < 4.78 is 0. The van der Waals surface area contributed by atoms with Crippen molar-refractivity contribution in [2.75, 3.05) is 13.2 Å². The molecule has 0 spiro atoms. The van der Waals surface area contributed by atoms with Crippen molar-refractivity contribution in [2.24, 2.45) is 0 Å². The van der Waals surface area contributed by atoms with Gasteiger partial charge < -0.3 is 15.3 Å². The Hall–Kier alpha value is -0.640. The zero-order chi connectivity index (χ0) is 17.9. The van der Waals surface area contributed by atoms with Gasteiger partial charge in [0.1, 0.15) is 5.60 Å². The Morgan fingerprint density at radius 3 is 1.71 bits per heavy atom. The minimum Gasteiger partial charge on any atom is -0.393 e. The number of aliphatic hydroxyl groups is 3. The fourth-order valence-electron chi connectivity index (χ4n) is 2.65. The predicted octanol–water partition coefficient (Wildman–Crippen LogP) is 4.91. The van der Waals surface area contributed by atoms with Crippen LogP contribution >= 0.6 is 0 Å². The average Bonchev–Trinajstić information content (AvgIpc) is 2.61. The van der Waals surface area contributed by atoms with E-state index in [0.29, 0.717) is 6.42 Å². The number of allylic oxidation sites excluding steroid dienone is 4. The summed E-state index contributed by atoms with van der Waals surface area (Å²) in [5.41, 5.74) is -1.28. The van der Waals surface area contributed by atoms with E-state index in [0.717, 1.165) is 25.7 Å². The van der Waals surface area contributed by atoms with E-state index in [1.54, 1.807) is 0 Å². The molecule has 24 heavy (non-hydrogen) atoms. The molecule has 0 heterocycles. The van der Waals surface area contributed by atoms with Gasteiger partial charge in [-0.15, -0.1) is 0 Å². The molecular weight excluding hydrogens is 300 g/mol. The molecule has 0 rings (SSSR count). The maximum absolute atomic E-state index is 9.73. The molecule has 3 heteroatoms. The topological polar surface area (TPSA) is 60.7 Å². The lowest BCUT2D eigenvalue weighted by molar-refractivity contribution is -0.0616. The first-order valence-electron chi connectivity index (χ1n) is 9.92. The molecule has 0 atom stereocenters. The van der Waals surface area contributed by atoms with E-state index in [1.165, 1.54) is 51.4 Å². The maximum atomic E-state index is 9.73. The molecule has 3 nitrogen and oxygen atoms in total. The van der Waals surface area contributed by atoms with Crippen molar-refractivity contribution >= 4 is 0 Å². The summed E-state index contributed by atoms with van der Waals surface area (Å²) in [5, 5.41) is 27.7. The van der Waals surface area contributed by atoms with E-state index in [9.17, 15) is 5.11 Å². The van der Waals surface area contributed by atoms with Crippen LogP contribution in [0.4, 0.5) is 0 Å². The zero-order valence-electron chi connectivity index (χ0n) is 15.8. The fourth-order valence-corrected chi connectivity index (χ4v) is 2.65. The molecule has 142 valence electrons. The molecule has 0 aromatic heterocycles. The van der Waals surface area contributed by atoms with Crippen molar-refractivity contribution in [3.63, 3.8) is 0 Å². The average molecular weight is 341 g/mol. The van der Waals surface area contributed by atoms with Gasteiger partial charge in [-0.3, -0.25) is 0 Å². The van der Waals surface area contributed by atoms with Crippen LogP contribution in [0.3, 0.4) is 0 Å². The highest BCUT2D eigenvalue weighted by atomic mass is 16.4. The van der Waals surface area contributed by atoms with Gasteiger partial charge in [0.25, 0.3) is 0 Å². The summed E-state index contributed by atoms with van der Waals surface area (Å²) in [6.07, 6.45) is 23.8. The standard InChI is InChI=1S/C21H40O3/c1-2-3-4-5-6-7-8-9-10-11-12-13-14-15-16-17-18-21(24,19-22)20-23/h6-7,9-10,22-24H,2-5,8,11-20H2,1H3/b7-6-,10-9-. The second kappa shape index (κ2) is 17.2. The molecule has 0 radical (unpaired) electrons. The molecule has 0 saturated heterocycles. The van der Waals surface area contributed by atoms with E-state index in [1.807, 2.05) is 0 Å². The van der Waals surface area contributed by atoms with Gasteiger partial charge in [0.05, 0.1) is 13.2 Å². The van der Waals surface area contributed by atoms with Crippen molar-refractivity contribution in [3.8, 4) is 0 Å². The quantitative estimate of drug-likeness (QED) is 0.260. The van der Waals surface area contributed by atoms with E-state index in [4.69, 9.17) is 10.2 Å². The SMILES string of the molecule is CCCCC/C=C\C/C=C\CCCCCCCCC(O)(CO)CO. The van der Waals surface area contributed by atoms with Crippen molar-refractivity contribution in [2.45, 2.75) is 96.0 Å². The third-order valence-corrected chi connectivity index (χ3v) is 4.43. The minimum atomic E-state index is -1.28. The maximum Gasteiger partial charge on any atom is 0.111 e. The molecule has 0 amide bonds. The van der Waals surface area contributed by atoms with E-state index in [-0.39, 0.29) is 13.2 Å². The van der Waals surface area contributed by atoms with Crippen LogP contribution in [0.25, 0.3) is 0 Å². The molecule has 3 N–H and O–H groups in total. The van der Waals surface area contributed by atoms with Gasteiger partial charge in [-0.1, -0.05) is 76.2 Å². The van der Waals surface area contributed by atoms with Gasteiger partial charge in [-0.2, -0.15) is 0 Å². The molecule has 0 bridgehead atoms. The molecule has 0 fully saturated rings. The van der Waals surface area contributed by atoms with Crippen LogP contribution in [0.15, 0.2) is 24.3 Å². The first kappa shape index (κ1) is 23.4. The van der Waals surface area contributed by atoms with Crippen LogP contribution in [0, 0.1) is 0 Å². The fraction of sp³-hybridized carbons (Fsp3) is 0.810. The van der Waals surface area contributed by atoms with Crippen molar-refractivity contribution < 1.29 is 15.3 Å². The summed E-state index contributed by atoms with van der Waals surface area (Å²) in [6.45, 7) is 1.52. The Labute approximate surface area is 149 Å². The molecule has 0 aromatic rings. The van der Waals surface area contributed by atoms with E-state index < -0.39 is 5.60 Å². The highest BCUT2D eigenvalue weighted by Gasteiger charge is 2.23. The van der Waals surface area contributed by atoms with Crippen LogP contribution in [-0.2, 0) is 0 Å². The predicted molar refractivity (Wildman–Crippen MR) is 103 cm³/mol. The monoisotopic (exact) mass is 340 g/mol. The van der Waals surface area contributed by atoms with Gasteiger partial charge in [0.2, 0.25) is 0 Å². The lowest BCUT2D eigenvalue weighted by Gasteiger charge is -2.22. The molecule has 0 saturated carbocycles. The number of rotatable bonds is 17. The summed E-state index contributed by atoms with van der Waals surface area (Å²) in [4.78, 5) is 0. The second-order valence-corrected chi connectivity index (χ2v) is 6.87. The number of unbranched alkanes of at least 4 members (excludes halogenated alkanes) is 9. The molecule has 0 aliphatic carbocycles. The number of aliphatic hydroxyl groups excluding tert-OH is 2. The van der Waals surface area contributed by atoms with Crippen LogP contribution in [0.1, 0.15) is 90.4 Å². The third-order valence-electron chi connectivity index (χ3n) is 4.43. The summed E-state index contributed by atoms with van der Waals surface area (Å²) in [5.74, 6) is 0. The smallest absolute Gasteiger partial charge is 0.111 e. The second-order valence-electron chi connectivity index (χ2n) is 6.87. The third kappa shape index (κ3) is 14.9. The Morgan fingerprint density at radius 1 is 0.667 bits per heavy atom. The summed E-state index contributed by atoms with van der Waals surface area (Å²) >= 11 is 0. The lowest BCUT2D eigenvalue weighted by atomic mass is 9.97. The largest absolute Gasteiger partial charge is 0.393 e. The molecular formula is C21H40O3. The highest BCUT2D eigenvalue weighted by molar-refractivity contribution is 4.92. The van der Waals surface area contributed by atoms with Gasteiger partial charge in [-0.25, -0.2) is 0 Å². The van der Waals surface area contributed by atoms with Crippen LogP contribution < -0.4 is 0 Å². The number of hydrogen-bond donors (Lipinski definition) is 3. The Kier molecular flexibility index (Phi) is 16.7. The first-order valence-corrected chi connectivity index (χ1v) is 9.92. The van der Waals surface area contributed by atoms with Crippen LogP contribution in [0.2, 0.25) is 0 Å². The van der Waals surface area contributed by atoms with Crippen LogP contribution in [-0.4, -0.2) is 34.1 Å². The molecule has 0 unspecified atom stereocenters. The van der Waals surface area contributed by atoms with Crippen molar-refractivity contribution in [3.05, 3.63) is 24.3 Å². The van der Waals surface area contributed by atoms with E-state index in [2.05, 4.69) is 31.2 Å². The zero-order valence-corrected chi connectivity index (χ0v) is 15.8. The summed E-state index contributed by atoms with van der Waals surface area (Å²) in [6, 6.07) is 0. The molecule has 0 aliphatic heterocycles. The van der Waals surface area contributed by atoms with Gasteiger partial charge in [-0.05, 0) is 38.5 Å². The minimum absolute atomic E-state index is 0.357. The normalized spacial score (nSPS) is 12.7. The lowest BCUT2D eigenvalue weighted by Crippen LogP contribution is -2.37. The van der Waals surface area contributed by atoms with Crippen molar-refractivity contribution in [1.29, 1.82) is 0 Å².